The molecule has 0 saturated carbocycles. The molecule has 8 heteroatoms. The molecule has 0 aliphatic carbocycles. The highest BCUT2D eigenvalue weighted by atomic mass is 127. The van der Waals surface area contributed by atoms with E-state index in [1.807, 2.05) is 26.5 Å². The van der Waals surface area contributed by atoms with Crippen LogP contribution < -0.4 is 5.32 Å². The van der Waals surface area contributed by atoms with Gasteiger partial charge < -0.3 is 4.74 Å². The summed E-state index contributed by atoms with van der Waals surface area (Å²) in [5.41, 5.74) is -0.719. The fourth-order valence-corrected chi connectivity index (χ4v) is 1.64. The Kier molecular flexibility index (Phi) is 6.30. The Hall–Kier alpha value is -1.08. The van der Waals surface area contributed by atoms with Crippen LogP contribution in [-0.2, 0) is 4.74 Å². The quantitative estimate of drug-likeness (QED) is 0.462. The van der Waals surface area contributed by atoms with Crippen LogP contribution in [0.3, 0.4) is 0 Å². The van der Waals surface area contributed by atoms with Crippen molar-refractivity contribution in [3.05, 3.63) is 29.1 Å². The fraction of sp³-hybridized carbons (Fsp3) is 0.182. The maximum absolute atomic E-state index is 13.6. The number of carbonyl (C=O) groups is 1. The van der Waals surface area contributed by atoms with Gasteiger partial charge in [-0.3, -0.25) is 5.32 Å². The minimum absolute atomic E-state index is 0.0573. The van der Waals surface area contributed by atoms with Gasteiger partial charge in [-0.2, -0.15) is 0 Å². The molecule has 0 radical (unpaired) electrons. The van der Waals surface area contributed by atoms with Crippen LogP contribution in [-0.4, -0.2) is 12.7 Å². The van der Waals surface area contributed by atoms with Crippen molar-refractivity contribution in [1.82, 2.24) is 0 Å². The molecule has 1 N–H and O–H groups in total. The van der Waals surface area contributed by atoms with Crippen LogP contribution in [0.15, 0.2) is 6.07 Å². The van der Waals surface area contributed by atoms with E-state index < -0.39 is 29.2 Å². The molecule has 1 aromatic carbocycles. The number of hydrogen-bond donors (Lipinski definition) is 1. The Labute approximate surface area is 123 Å². The van der Waals surface area contributed by atoms with Gasteiger partial charge in [-0.05, 0) is 27.2 Å². The molecule has 19 heavy (non-hydrogen) atoms. The van der Waals surface area contributed by atoms with Crippen molar-refractivity contribution in [2.75, 3.05) is 11.9 Å². The molecular formula is C11H7F3INO2S. The molecule has 0 bridgehead atoms. The molecule has 102 valence electrons. The third kappa shape index (κ3) is 4.21. The zero-order chi connectivity index (χ0) is 14.4. The van der Waals surface area contributed by atoms with E-state index in [0.717, 1.165) is 8.93 Å². The number of amides is 1. The smallest absolute Gasteiger partial charge is 0.411 e. The van der Waals surface area contributed by atoms with Crippen LogP contribution in [0.5, 0.6) is 0 Å². The number of halogens is 4. The van der Waals surface area contributed by atoms with E-state index in [-0.39, 0.29) is 12.2 Å². The molecule has 0 aliphatic rings. The normalized spacial score (nSPS) is 9.53. The lowest BCUT2D eigenvalue weighted by molar-refractivity contribution is 0.167. The first kappa shape index (κ1) is 16.0. The Morgan fingerprint density at radius 1 is 1.47 bits per heavy atom. The Bertz CT molecular complexity index is 557. The summed E-state index contributed by atoms with van der Waals surface area (Å²) in [6.45, 7) is 1.61. The van der Waals surface area contributed by atoms with E-state index in [1.165, 1.54) is 0 Å². The molecule has 1 aromatic rings. The molecule has 0 atom stereocenters. The molecule has 0 fully saturated rings. The van der Waals surface area contributed by atoms with Gasteiger partial charge in [0, 0.05) is 21.2 Å². The minimum Gasteiger partial charge on any atom is -0.450 e. The lowest BCUT2D eigenvalue weighted by atomic mass is 10.1. The van der Waals surface area contributed by atoms with E-state index in [2.05, 4.69) is 15.9 Å². The van der Waals surface area contributed by atoms with Crippen molar-refractivity contribution in [3.8, 4) is 11.2 Å². The van der Waals surface area contributed by atoms with Gasteiger partial charge in [0.05, 0.1) is 17.9 Å². The largest absolute Gasteiger partial charge is 0.450 e. The third-order valence-corrected chi connectivity index (χ3v) is 2.73. The van der Waals surface area contributed by atoms with Crippen molar-refractivity contribution >= 4 is 41.9 Å². The SMILES string of the molecule is CCOC(=O)Nc1c(C#CSI)cc(F)c(F)c1F. The Morgan fingerprint density at radius 3 is 2.74 bits per heavy atom. The average molecular weight is 401 g/mol. The Morgan fingerprint density at radius 2 is 2.16 bits per heavy atom. The van der Waals surface area contributed by atoms with Gasteiger partial charge >= 0.3 is 6.09 Å². The van der Waals surface area contributed by atoms with Crippen molar-refractivity contribution in [2.45, 2.75) is 6.92 Å². The average Bonchev–Trinajstić information content (AvgIpc) is 2.38. The van der Waals surface area contributed by atoms with Crippen LogP contribution >= 0.6 is 30.1 Å². The standard InChI is InChI=1S/C11H7F3INO2S/c1-2-18-11(17)16-10-6(3-4-19-15)5-7(12)8(13)9(10)14/h5H,2H2,1H3,(H,16,17). The molecule has 1 rings (SSSR count). The van der Waals surface area contributed by atoms with E-state index in [0.29, 0.717) is 6.07 Å². The second kappa shape index (κ2) is 7.49. The number of rotatable bonds is 2. The van der Waals surface area contributed by atoms with Gasteiger partial charge in [-0.25, -0.2) is 18.0 Å². The number of ether oxygens (including phenoxy) is 1. The summed E-state index contributed by atoms with van der Waals surface area (Å²) in [6, 6.07) is 0.708. The van der Waals surface area contributed by atoms with Gasteiger partial charge in [0.2, 0.25) is 0 Å². The van der Waals surface area contributed by atoms with E-state index in [4.69, 9.17) is 0 Å². The second-order valence-electron chi connectivity index (χ2n) is 3.06. The lowest BCUT2D eigenvalue weighted by Gasteiger charge is -2.09. The highest BCUT2D eigenvalue weighted by molar-refractivity contribution is 14.2. The molecule has 3 nitrogen and oxygen atoms in total. The van der Waals surface area contributed by atoms with Crippen LogP contribution in [0.4, 0.5) is 23.7 Å². The highest BCUT2D eigenvalue weighted by Gasteiger charge is 2.20. The number of anilines is 1. The molecule has 0 spiro atoms. The van der Waals surface area contributed by atoms with Gasteiger partial charge in [0.25, 0.3) is 0 Å². The molecule has 0 aromatic heterocycles. The molecular weight excluding hydrogens is 394 g/mol. The zero-order valence-corrected chi connectivity index (χ0v) is 12.5. The monoisotopic (exact) mass is 401 g/mol. The van der Waals surface area contributed by atoms with E-state index in [1.54, 1.807) is 6.92 Å². The summed E-state index contributed by atoms with van der Waals surface area (Å²) in [6.07, 6.45) is -0.974. The second-order valence-corrected chi connectivity index (χ2v) is 4.74. The van der Waals surface area contributed by atoms with E-state index in [9.17, 15) is 18.0 Å². The minimum atomic E-state index is -1.68. The van der Waals surface area contributed by atoms with Crippen LogP contribution in [0, 0.1) is 28.6 Å². The first-order valence-corrected chi connectivity index (χ1v) is 8.27. The number of carbonyl (C=O) groups excluding carboxylic acids is 1. The predicted molar refractivity (Wildman–Crippen MR) is 75.4 cm³/mol. The molecule has 0 aliphatic heterocycles. The van der Waals surface area contributed by atoms with Crippen LogP contribution in [0.25, 0.3) is 0 Å². The highest BCUT2D eigenvalue weighted by Crippen LogP contribution is 2.25. The number of hydrogen-bond acceptors (Lipinski definition) is 3. The number of nitrogens with one attached hydrogen (secondary N) is 1. The first-order valence-electron chi connectivity index (χ1n) is 4.91. The van der Waals surface area contributed by atoms with Gasteiger partial charge in [-0.1, -0.05) is 5.92 Å². The van der Waals surface area contributed by atoms with Crippen molar-refractivity contribution in [1.29, 1.82) is 0 Å². The van der Waals surface area contributed by atoms with Crippen molar-refractivity contribution < 1.29 is 22.7 Å². The summed E-state index contributed by atoms with van der Waals surface area (Å²) >= 11 is 1.86. The maximum atomic E-state index is 13.6. The maximum Gasteiger partial charge on any atom is 0.411 e. The fourth-order valence-electron chi connectivity index (χ4n) is 1.16. The molecule has 0 unspecified atom stereocenters. The first-order chi connectivity index (χ1) is 9.01. The van der Waals surface area contributed by atoms with Crippen LogP contribution in [0.1, 0.15) is 12.5 Å². The molecule has 0 heterocycles. The summed E-state index contributed by atoms with van der Waals surface area (Å²) in [5.74, 6) is -2.17. The summed E-state index contributed by atoms with van der Waals surface area (Å²) in [7, 11) is 1.08. The molecule has 0 saturated heterocycles. The Balaban J connectivity index is 3.25. The van der Waals surface area contributed by atoms with E-state index >= 15 is 0 Å². The predicted octanol–water partition coefficient (Wildman–Crippen LogP) is 4.06. The van der Waals surface area contributed by atoms with Crippen molar-refractivity contribution in [2.24, 2.45) is 0 Å². The molecule has 1 amide bonds. The summed E-state index contributed by atoms with van der Waals surface area (Å²) < 4.78 is 44.4. The van der Waals surface area contributed by atoms with Gasteiger partial charge in [-0.15, -0.1) is 0 Å². The van der Waals surface area contributed by atoms with Crippen molar-refractivity contribution in [3.63, 3.8) is 0 Å². The van der Waals surface area contributed by atoms with Crippen LogP contribution in [0.2, 0.25) is 0 Å². The topological polar surface area (TPSA) is 38.3 Å². The summed E-state index contributed by atoms with van der Waals surface area (Å²) in [5, 5.41) is 4.49. The lowest BCUT2D eigenvalue weighted by Crippen LogP contribution is -2.16. The number of benzene rings is 1. The summed E-state index contributed by atoms with van der Waals surface area (Å²) in [4.78, 5) is 11.2. The zero-order valence-electron chi connectivity index (χ0n) is 9.52. The van der Waals surface area contributed by atoms with Gasteiger partial charge in [0.1, 0.15) is 0 Å². The third-order valence-electron chi connectivity index (χ3n) is 1.89. The van der Waals surface area contributed by atoms with Gasteiger partial charge in [0.15, 0.2) is 17.5 Å².